The molecule has 2 saturated heterocycles. The number of fused-ring (bicyclic) bond motifs is 1. The highest BCUT2D eigenvalue weighted by atomic mass is 79.9. The summed E-state index contributed by atoms with van der Waals surface area (Å²) < 4.78 is 1.09. The number of carbonyl (C=O) groups excluding carboxylic acids is 1. The first-order valence-corrected chi connectivity index (χ1v) is 10.2. The third-order valence-corrected chi connectivity index (χ3v) is 7.10. The van der Waals surface area contributed by atoms with Gasteiger partial charge in [0, 0.05) is 17.6 Å². The minimum Gasteiger partial charge on any atom is -0.342 e. The summed E-state index contributed by atoms with van der Waals surface area (Å²) in [6.07, 6.45) is 6.70. The number of hydrogen-bond donors (Lipinski definition) is 1. The Morgan fingerprint density at radius 1 is 1.04 bits per heavy atom. The topological polar surface area (TPSA) is 32.3 Å². The molecule has 25 heavy (non-hydrogen) atoms. The van der Waals surface area contributed by atoms with Crippen molar-refractivity contribution in [3.8, 4) is 0 Å². The number of likely N-dealkylation sites (tertiary alicyclic amines) is 1. The summed E-state index contributed by atoms with van der Waals surface area (Å²) >= 11 is 3.52. The number of rotatable bonds is 2. The zero-order valence-corrected chi connectivity index (χ0v) is 17.1. The van der Waals surface area contributed by atoms with Crippen molar-refractivity contribution in [1.82, 2.24) is 10.2 Å². The van der Waals surface area contributed by atoms with Crippen molar-refractivity contribution >= 4 is 34.2 Å². The predicted molar refractivity (Wildman–Crippen MR) is 107 cm³/mol. The normalized spacial score (nSPS) is 28.1. The highest BCUT2D eigenvalue weighted by Gasteiger charge is 2.45. The molecule has 1 aliphatic carbocycles. The summed E-state index contributed by atoms with van der Waals surface area (Å²) in [7, 11) is 0. The van der Waals surface area contributed by atoms with Gasteiger partial charge >= 0.3 is 0 Å². The van der Waals surface area contributed by atoms with E-state index in [2.05, 4.69) is 50.4 Å². The molecule has 3 aliphatic rings. The fourth-order valence-corrected chi connectivity index (χ4v) is 5.36. The molecule has 1 N–H and O–H groups in total. The smallest absolute Gasteiger partial charge is 0.233 e. The molecule has 0 radical (unpaired) electrons. The van der Waals surface area contributed by atoms with Gasteiger partial charge in [0.05, 0.1) is 5.41 Å². The average Bonchev–Trinajstić information content (AvgIpc) is 3.22. The number of carbonyl (C=O) groups is 1. The molecule has 1 aromatic rings. The van der Waals surface area contributed by atoms with Crippen LogP contribution in [0.1, 0.15) is 44.1 Å². The van der Waals surface area contributed by atoms with Crippen molar-refractivity contribution in [2.75, 3.05) is 26.2 Å². The first-order valence-electron chi connectivity index (χ1n) is 9.45. The molecule has 2 atom stereocenters. The largest absolute Gasteiger partial charge is 0.342 e. The second-order valence-corrected chi connectivity index (χ2v) is 8.76. The maximum atomic E-state index is 13.6. The molecule has 138 valence electrons. The van der Waals surface area contributed by atoms with Crippen LogP contribution in [0.3, 0.4) is 0 Å². The summed E-state index contributed by atoms with van der Waals surface area (Å²) in [6.45, 7) is 4.18. The fourth-order valence-electron chi connectivity index (χ4n) is 5.10. The minimum absolute atomic E-state index is 0. The molecule has 2 heterocycles. The summed E-state index contributed by atoms with van der Waals surface area (Å²) in [5, 5.41) is 3.52. The first kappa shape index (κ1) is 19.2. The van der Waals surface area contributed by atoms with Gasteiger partial charge in [0.1, 0.15) is 0 Å². The van der Waals surface area contributed by atoms with Gasteiger partial charge in [-0.3, -0.25) is 4.79 Å². The third-order valence-electron chi connectivity index (χ3n) is 6.57. The van der Waals surface area contributed by atoms with E-state index in [1.54, 1.807) is 0 Å². The number of nitrogens with one attached hydrogen (secondary N) is 1. The van der Waals surface area contributed by atoms with Crippen LogP contribution in [0, 0.1) is 11.8 Å². The standard InChI is InChI=1S/C20H27BrN2O.ClH/c21-18-5-3-17(4-6-18)20(9-1-2-10-20)19(24)23-11-7-15-13-22-14-16(15)8-12-23;/h3-6,15-16,22H,1-2,7-14H2;1H/t15-,16+;. The van der Waals surface area contributed by atoms with Gasteiger partial charge in [-0.2, -0.15) is 0 Å². The highest BCUT2D eigenvalue weighted by Crippen LogP contribution is 2.43. The second-order valence-electron chi connectivity index (χ2n) is 7.84. The van der Waals surface area contributed by atoms with Gasteiger partial charge in [0.25, 0.3) is 0 Å². The Kier molecular flexibility index (Phi) is 6.12. The SMILES string of the molecule is Cl.O=C(N1CC[C@@H]2CNC[C@@H]2CC1)C1(c2ccc(Br)cc2)CCCC1. The van der Waals surface area contributed by atoms with E-state index in [9.17, 15) is 4.79 Å². The van der Waals surface area contributed by atoms with E-state index in [1.807, 2.05) is 0 Å². The molecule has 0 aromatic heterocycles. The predicted octanol–water partition coefficient (Wildman–Crippen LogP) is 4.14. The lowest BCUT2D eigenvalue weighted by molar-refractivity contribution is -0.137. The van der Waals surface area contributed by atoms with Gasteiger partial charge in [-0.05, 0) is 68.3 Å². The molecule has 2 aliphatic heterocycles. The van der Waals surface area contributed by atoms with E-state index in [1.165, 1.54) is 31.2 Å². The summed E-state index contributed by atoms with van der Waals surface area (Å²) in [5.41, 5.74) is 0.956. The Hall–Kier alpha value is -0.580. The lowest BCUT2D eigenvalue weighted by atomic mass is 9.77. The Bertz CT molecular complexity index is 586. The van der Waals surface area contributed by atoms with Gasteiger partial charge in [-0.1, -0.05) is 40.9 Å². The Morgan fingerprint density at radius 2 is 1.60 bits per heavy atom. The summed E-state index contributed by atoms with van der Waals surface area (Å²) in [6, 6.07) is 8.48. The zero-order valence-electron chi connectivity index (χ0n) is 14.7. The van der Waals surface area contributed by atoms with E-state index in [0.717, 1.165) is 55.3 Å². The molecular weight excluding hydrogens is 400 g/mol. The first-order chi connectivity index (χ1) is 11.7. The maximum Gasteiger partial charge on any atom is 0.233 e. The number of benzene rings is 1. The van der Waals surface area contributed by atoms with Gasteiger partial charge in [-0.15, -0.1) is 12.4 Å². The Balaban J connectivity index is 0.00000182. The van der Waals surface area contributed by atoms with Crippen LogP contribution in [0.4, 0.5) is 0 Å². The van der Waals surface area contributed by atoms with Crippen molar-refractivity contribution in [3.05, 3.63) is 34.3 Å². The molecule has 1 aromatic carbocycles. The number of hydrogen-bond acceptors (Lipinski definition) is 2. The lowest BCUT2D eigenvalue weighted by Gasteiger charge is -2.34. The Morgan fingerprint density at radius 3 is 2.16 bits per heavy atom. The zero-order chi connectivity index (χ0) is 16.6. The fraction of sp³-hybridized carbons (Fsp3) is 0.650. The van der Waals surface area contributed by atoms with Crippen LogP contribution in [0.5, 0.6) is 0 Å². The van der Waals surface area contributed by atoms with Crippen LogP contribution in [-0.4, -0.2) is 37.0 Å². The van der Waals surface area contributed by atoms with Crippen LogP contribution >= 0.6 is 28.3 Å². The Labute approximate surface area is 165 Å². The van der Waals surface area contributed by atoms with E-state index in [-0.39, 0.29) is 17.8 Å². The molecule has 1 amide bonds. The van der Waals surface area contributed by atoms with Gasteiger partial charge in [0.2, 0.25) is 5.91 Å². The summed E-state index contributed by atoms with van der Waals surface area (Å²) in [5.74, 6) is 1.94. The number of halogens is 2. The van der Waals surface area contributed by atoms with Crippen LogP contribution in [-0.2, 0) is 10.2 Å². The third kappa shape index (κ3) is 3.63. The number of nitrogens with zero attached hydrogens (tertiary/aromatic N) is 1. The molecule has 0 unspecified atom stereocenters. The van der Waals surface area contributed by atoms with Crippen LogP contribution in [0.25, 0.3) is 0 Å². The van der Waals surface area contributed by atoms with Crippen molar-refractivity contribution in [2.24, 2.45) is 11.8 Å². The average molecular weight is 428 g/mol. The maximum absolute atomic E-state index is 13.6. The molecule has 1 saturated carbocycles. The van der Waals surface area contributed by atoms with Crippen molar-refractivity contribution in [2.45, 2.75) is 43.9 Å². The van der Waals surface area contributed by atoms with E-state index < -0.39 is 0 Å². The highest BCUT2D eigenvalue weighted by molar-refractivity contribution is 9.10. The second kappa shape index (κ2) is 7.98. The van der Waals surface area contributed by atoms with Crippen LogP contribution < -0.4 is 5.32 Å². The molecule has 3 nitrogen and oxygen atoms in total. The molecule has 3 fully saturated rings. The van der Waals surface area contributed by atoms with Gasteiger partial charge < -0.3 is 10.2 Å². The van der Waals surface area contributed by atoms with Gasteiger partial charge in [-0.25, -0.2) is 0 Å². The van der Waals surface area contributed by atoms with Gasteiger partial charge in [0.15, 0.2) is 0 Å². The van der Waals surface area contributed by atoms with E-state index >= 15 is 0 Å². The van der Waals surface area contributed by atoms with Crippen molar-refractivity contribution < 1.29 is 4.79 Å². The van der Waals surface area contributed by atoms with Crippen molar-refractivity contribution in [1.29, 1.82) is 0 Å². The quantitative estimate of drug-likeness (QED) is 0.769. The minimum atomic E-state index is -0.265. The van der Waals surface area contributed by atoms with E-state index in [4.69, 9.17) is 0 Å². The molecule has 0 bridgehead atoms. The van der Waals surface area contributed by atoms with Crippen molar-refractivity contribution in [3.63, 3.8) is 0 Å². The molecule has 0 spiro atoms. The monoisotopic (exact) mass is 426 g/mol. The molecular formula is C20H28BrClN2O. The molecule has 5 heteroatoms. The summed E-state index contributed by atoms with van der Waals surface area (Å²) in [4.78, 5) is 15.8. The number of amides is 1. The lowest BCUT2D eigenvalue weighted by Crippen LogP contribution is -2.46. The van der Waals surface area contributed by atoms with Crippen LogP contribution in [0.2, 0.25) is 0 Å². The van der Waals surface area contributed by atoms with E-state index in [0.29, 0.717) is 5.91 Å². The van der Waals surface area contributed by atoms with Crippen LogP contribution in [0.15, 0.2) is 28.7 Å². The molecule has 4 rings (SSSR count).